The maximum absolute atomic E-state index is 3.92. The van der Waals surface area contributed by atoms with Crippen LogP contribution >= 0.6 is 0 Å². The van der Waals surface area contributed by atoms with Crippen molar-refractivity contribution >= 4 is 5.69 Å². The zero-order chi connectivity index (χ0) is 14.2. The van der Waals surface area contributed by atoms with Gasteiger partial charge >= 0.3 is 0 Å². The van der Waals surface area contributed by atoms with Crippen molar-refractivity contribution in [3.05, 3.63) is 41.5 Å². The molecule has 5 rings (SSSR count). The average molecular weight is 280 g/mol. The summed E-state index contributed by atoms with van der Waals surface area (Å²) in [5.41, 5.74) is 5.08. The minimum Gasteiger partial charge on any atom is -0.381 e. The monoisotopic (exact) mass is 280 g/mol. The van der Waals surface area contributed by atoms with Gasteiger partial charge in [0.2, 0.25) is 0 Å². The van der Waals surface area contributed by atoms with Crippen LogP contribution in [0.2, 0.25) is 0 Å². The molecule has 1 N–H and O–H groups in total. The molecule has 21 heavy (non-hydrogen) atoms. The predicted octanol–water partition coefficient (Wildman–Crippen LogP) is 3.41. The highest BCUT2D eigenvalue weighted by Crippen LogP contribution is 2.60. The lowest BCUT2D eigenvalue weighted by Crippen LogP contribution is -2.61. The Balaban J connectivity index is 1.71. The highest BCUT2D eigenvalue weighted by atomic mass is 15.2. The van der Waals surface area contributed by atoms with E-state index in [0.29, 0.717) is 11.5 Å². The molecule has 3 aliphatic heterocycles. The summed E-state index contributed by atoms with van der Waals surface area (Å²) in [4.78, 5) is 2.77. The topological polar surface area (TPSA) is 15.3 Å². The molecule has 110 valence electrons. The van der Waals surface area contributed by atoms with Gasteiger partial charge in [-0.1, -0.05) is 36.8 Å². The Morgan fingerprint density at radius 2 is 2.19 bits per heavy atom. The highest BCUT2D eigenvalue weighted by Gasteiger charge is 2.64. The third kappa shape index (κ3) is 1.29. The lowest BCUT2D eigenvalue weighted by Gasteiger charge is -2.54. The molecule has 0 radical (unpaired) electrons. The van der Waals surface area contributed by atoms with E-state index in [0.717, 1.165) is 17.9 Å². The fourth-order valence-electron chi connectivity index (χ4n) is 6.12. The number of hydrogen-bond donors (Lipinski definition) is 1. The third-order valence-electron chi connectivity index (χ3n) is 7.01. The first-order chi connectivity index (χ1) is 10.3. The van der Waals surface area contributed by atoms with Crippen molar-refractivity contribution in [2.75, 3.05) is 18.4 Å². The zero-order valence-electron chi connectivity index (χ0n) is 13.0. The summed E-state index contributed by atoms with van der Waals surface area (Å²) in [7, 11) is 0. The molecule has 2 bridgehead atoms. The van der Waals surface area contributed by atoms with E-state index >= 15 is 0 Å². The maximum atomic E-state index is 3.92. The summed E-state index contributed by atoms with van der Waals surface area (Å²) in [6.45, 7) is 7.21. The lowest BCUT2D eigenvalue weighted by atomic mass is 9.56. The Kier molecular flexibility index (Phi) is 2.29. The van der Waals surface area contributed by atoms with Gasteiger partial charge < -0.3 is 5.32 Å². The van der Waals surface area contributed by atoms with E-state index in [2.05, 4.69) is 54.4 Å². The molecule has 1 aromatic carbocycles. The van der Waals surface area contributed by atoms with Gasteiger partial charge in [0.15, 0.2) is 0 Å². The summed E-state index contributed by atoms with van der Waals surface area (Å²) in [5, 5.41) is 3.92. The van der Waals surface area contributed by atoms with Gasteiger partial charge in [-0.05, 0) is 49.8 Å². The summed E-state index contributed by atoms with van der Waals surface area (Å²) in [6.07, 6.45) is 5.10. The largest absolute Gasteiger partial charge is 0.381 e. The summed E-state index contributed by atoms with van der Waals surface area (Å²) < 4.78 is 0. The minimum absolute atomic E-state index is 0.381. The molecule has 0 amide bonds. The summed E-state index contributed by atoms with van der Waals surface area (Å²) >= 11 is 0. The molecule has 5 atom stereocenters. The van der Waals surface area contributed by atoms with E-state index in [9.17, 15) is 0 Å². The second-order valence-electron chi connectivity index (χ2n) is 7.51. The van der Waals surface area contributed by atoms with Crippen LogP contribution in [0.5, 0.6) is 0 Å². The molecule has 0 aromatic heterocycles. The van der Waals surface area contributed by atoms with Crippen LogP contribution in [0.1, 0.15) is 32.3 Å². The molecule has 4 aliphatic rings. The third-order valence-corrected chi connectivity index (χ3v) is 7.01. The van der Waals surface area contributed by atoms with E-state index in [-0.39, 0.29) is 0 Å². The number of nitrogens with one attached hydrogen (secondary N) is 1. The van der Waals surface area contributed by atoms with Crippen molar-refractivity contribution in [3.8, 4) is 0 Å². The molecular weight excluding hydrogens is 256 g/mol. The minimum atomic E-state index is 0.381. The van der Waals surface area contributed by atoms with Gasteiger partial charge in [0.05, 0.1) is 0 Å². The van der Waals surface area contributed by atoms with Gasteiger partial charge in [-0.3, -0.25) is 4.90 Å². The summed E-state index contributed by atoms with van der Waals surface area (Å²) in [5.74, 6) is 1.52. The number of allylic oxidation sites excluding steroid dienone is 1. The molecule has 2 nitrogen and oxygen atoms in total. The molecule has 1 aliphatic carbocycles. The molecule has 3 heterocycles. The first kappa shape index (κ1) is 12.3. The zero-order valence-corrected chi connectivity index (χ0v) is 13.0. The number of para-hydroxylation sites is 1. The van der Waals surface area contributed by atoms with Crippen LogP contribution in [-0.2, 0) is 5.41 Å². The van der Waals surface area contributed by atoms with Crippen LogP contribution in [0, 0.1) is 11.8 Å². The van der Waals surface area contributed by atoms with Crippen LogP contribution < -0.4 is 5.32 Å². The van der Waals surface area contributed by atoms with E-state index in [4.69, 9.17) is 0 Å². The number of rotatable bonds is 0. The summed E-state index contributed by atoms with van der Waals surface area (Å²) in [6, 6.07) is 10.5. The quantitative estimate of drug-likeness (QED) is 0.733. The van der Waals surface area contributed by atoms with Gasteiger partial charge in [-0.25, -0.2) is 0 Å². The Bertz CT molecular complexity index is 634. The van der Waals surface area contributed by atoms with Gasteiger partial charge in [0, 0.05) is 29.7 Å². The molecule has 1 aromatic rings. The first-order valence-electron chi connectivity index (χ1n) is 8.51. The van der Waals surface area contributed by atoms with Crippen molar-refractivity contribution < 1.29 is 0 Å². The number of benzene rings is 1. The standard InChI is InChI=1S/C19H24N2/c1-3-13-11-21-9-8-19-15-6-4-5-7-16(15)20-18(19)12(2)14(13)10-17(19)21/h3-7,12,14,17-18,20H,8-11H2,1-2H3/b13-3+/t12-,14+,17-,18-,19+/m0/s1. The number of anilines is 1. The molecule has 1 spiro atoms. The van der Waals surface area contributed by atoms with Crippen molar-refractivity contribution in [2.45, 2.75) is 44.2 Å². The Morgan fingerprint density at radius 1 is 1.33 bits per heavy atom. The van der Waals surface area contributed by atoms with Crippen LogP contribution in [0.3, 0.4) is 0 Å². The van der Waals surface area contributed by atoms with Gasteiger partial charge in [0.25, 0.3) is 0 Å². The fourth-order valence-corrected chi connectivity index (χ4v) is 6.12. The smallest absolute Gasteiger partial charge is 0.0405 e. The van der Waals surface area contributed by atoms with Gasteiger partial charge in [-0.2, -0.15) is 0 Å². The Labute approximate surface area is 127 Å². The second kappa shape index (κ2) is 3.92. The van der Waals surface area contributed by atoms with Gasteiger partial charge in [0.1, 0.15) is 0 Å². The predicted molar refractivity (Wildman–Crippen MR) is 86.5 cm³/mol. The second-order valence-corrected chi connectivity index (χ2v) is 7.51. The molecule has 2 heteroatoms. The van der Waals surface area contributed by atoms with Crippen LogP contribution in [0.15, 0.2) is 35.9 Å². The SMILES string of the molecule is C/C=C1\CN2CC[C@]34c5ccccc5N[C@H]3[C@@H](C)[C@H]1C[C@H]24. The van der Waals surface area contributed by atoms with Gasteiger partial charge in [-0.15, -0.1) is 0 Å². The number of hydrogen-bond acceptors (Lipinski definition) is 2. The maximum Gasteiger partial charge on any atom is 0.0405 e. The number of nitrogens with zero attached hydrogens (tertiary/aromatic N) is 1. The van der Waals surface area contributed by atoms with Crippen LogP contribution in [0.25, 0.3) is 0 Å². The normalized spacial score (nSPS) is 45.3. The number of fused-ring (bicyclic) bond motifs is 2. The highest BCUT2D eigenvalue weighted by molar-refractivity contribution is 5.64. The van der Waals surface area contributed by atoms with Crippen LogP contribution in [-0.4, -0.2) is 30.1 Å². The van der Waals surface area contributed by atoms with E-state index in [1.165, 1.54) is 31.6 Å². The van der Waals surface area contributed by atoms with E-state index in [1.54, 1.807) is 11.1 Å². The Hall–Kier alpha value is -1.28. The van der Waals surface area contributed by atoms with Crippen molar-refractivity contribution in [3.63, 3.8) is 0 Å². The van der Waals surface area contributed by atoms with E-state index in [1.807, 2.05) is 0 Å². The number of piperidine rings is 1. The van der Waals surface area contributed by atoms with Crippen molar-refractivity contribution in [1.82, 2.24) is 4.90 Å². The average Bonchev–Trinajstić information content (AvgIpc) is 3.07. The first-order valence-corrected chi connectivity index (χ1v) is 8.51. The fraction of sp³-hybridized carbons (Fsp3) is 0.579. The Morgan fingerprint density at radius 3 is 3.05 bits per heavy atom. The molecule has 2 saturated heterocycles. The molecule has 0 unspecified atom stereocenters. The van der Waals surface area contributed by atoms with E-state index < -0.39 is 0 Å². The molecule has 1 saturated carbocycles. The van der Waals surface area contributed by atoms with Crippen molar-refractivity contribution in [1.29, 1.82) is 0 Å². The van der Waals surface area contributed by atoms with Crippen LogP contribution in [0.4, 0.5) is 5.69 Å². The molecular formula is C19H24N2. The lowest BCUT2D eigenvalue weighted by molar-refractivity contribution is 0.0642. The van der Waals surface area contributed by atoms with Crippen molar-refractivity contribution in [2.24, 2.45) is 11.8 Å². The molecule has 3 fully saturated rings.